The predicted octanol–water partition coefficient (Wildman–Crippen LogP) is 1.95. The standard InChI is InChI=1S/C14H14N2O3S/c15-4-1-5-16-13(17)9-20-14(16)10-2-3-11-12(8-10)19-7-6-18-11/h2-3,8,14H,1,5-7,9H2. The lowest BCUT2D eigenvalue weighted by atomic mass is 10.1. The molecule has 0 radical (unpaired) electrons. The highest BCUT2D eigenvalue weighted by Gasteiger charge is 2.33. The smallest absolute Gasteiger partial charge is 0.233 e. The molecule has 0 spiro atoms. The first-order valence-electron chi connectivity index (χ1n) is 6.47. The maximum absolute atomic E-state index is 11.9. The number of carbonyl (C=O) groups excluding carboxylic acids is 1. The molecule has 2 aliphatic heterocycles. The molecule has 1 aromatic rings. The lowest BCUT2D eigenvalue weighted by molar-refractivity contribution is -0.127. The van der Waals surface area contributed by atoms with Gasteiger partial charge < -0.3 is 14.4 Å². The Morgan fingerprint density at radius 3 is 2.95 bits per heavy atom. The molecule has 0 saturated carbocycles. The van der Waals surface area contributed by atoms with Gasteiger partial charge in [0.2, 0.25) is 5.91 Å². The molecular formula is C14H14N2O3S. The average Bonchev–Trinajstić information content (AvgIpc) is 2.85. The van der Waals surface area contributed by atoms with E-state index >= 15 is 0 Å². The molecular weight excluding hydrogens is 276 g/mol. The minimum Gasteiger partial charge on any atom is -0.486 e. The SMILES string of the molecule is N#CCCN1C(=O)CSC1c1ccc2c(c1)OCCO2. The second-order valence-electron chi connectivity index (χ2n) is 4.56. The summed E-state index contributed by atoms with van der Waals surface area (Å²) in [5.41, 5.74) is 1.02. The number of hydrogen-bond donors (Lipinski definition) is 0. The zero-order valence-electron chi connectivity index (χ0n) is 10.9. The van der Waals surface area contributed by atoms with Gasteiger partial charge in [-0.2, -0.15) is 5.26 Å². The number of ether oxygens (including phenoxy) is 2. The highest BCUT2D eigenvalue weighted by molar-refractivity contribution is 8.00. The van der Waals surface area contributed by atoms with Gasteiger partial charge >= 0.3 is 0 Å². The molecule has 1 unspecified atom stereocenters. The Bertz CT molecular complexity index is 570. The third-order valence-electron chi connectivity index (χ3n) is 3.28. The summed E-state index contributed by atoms with van der Waals surface area (Å²) in [7, 11) is 0. The Morgan fingerprint density at radius 2 is 2.15 bits per heavy atom. The molecule has 20 heavy (non-hydrogen) atoms. The van der Waals surface area contributed by atoms with E-state index in [4.69, 9.17) is 14.7 Å². The first-order valence-corrected chi connectivity index (χ1v) is 7.52. The summed E-state index contributed by atoms with van der Waals surface area (Å²) in [4.78, 5) is 13.7. The van der Waals surface area contributed by atoms with Crippen LogP contribution in [0.5, 0.6) is 11.5 Å². The Hall–Kier alpha value is -1.87. The van der Waals surface area contributed by atoms with Gasteiger partial charge in [0.15, 0.2) is 11.5 Å². The van der Waals surface area contributed by atoms with Crippen molar-refractivity contribution >= 4 is 17.7 Å². The van der Waals surface area contributed by atoms with Crippen LogP contribution in [-0.2, 0) is 4.79 Å². The molecule has 2 aliphatic rings. The number of nitrogens with zero attached hydrogens (tertiary/aromatic N) is 2. The topological polar surface area (TPSA) is 62.6 Å². The van der Waals surface area contributed by atoms with Crippen LogP contribution in [-0.4, -0.2) is 36.3 Å². The lowest BCUT2D eigenvalue weighted by Crippen LogP contribution is -2.29. The minimum absolute atomic E-state index is 0.0355. The number of thioether (sulfide) groups is 1. The van der Waals surface area contributed by atoms with Gasteiger partial charge in [-0.15, -0.1) is 11.8 Å². The van der Waals surface area contributed by atoms with E-state index in [0.29, 0.717) is 31.9 Å². The third kappa shape index (κ3) is 2.41. The van der Waals surface area contributed by atoms with E-state index in [1.807, 2.05) is 18.2 Å². The van der Waals surface area contributed by atoms with E-state index in [1.165, 1.54) is 0 Å². The summed E-state index contributed by atoms with van der Waals surface area (Å²) in [6, 6.07) is 7.87. The maximum atomic E-state index is 11.9. The zero-order valence-corrected chi connectivity index (χ0v) is 11.7. The predicted molar refractivity (Wildman–Crippen MR) is 74.6 cm³/mol. The van der Waals surface area contributed by atoms with Gasteiger partial charge in [0.1, 0.15) is 18.6 Å². The Balaban J connectivity index is 1.84. The molecule has 1 fully saturated rings. The van der Waals surface area contributed by atoms with Crippen molar-refractivity contribution in [3.63, 3.8) is 0 Å². The number of hydrogen-bond acceptors (Lipinski definition) is 5. The molecule has 3 rings (SSSR count). The molecule has 0 bridgehead atoms. The van der Waals surface area contributed by atoms with E-state index in [9.17, 15) is 4.79 Å². The molecule has 5 nitrogen and oxygen atoms in total. The van der Waals surface area contributed by atoms with Crippen molar-refractivity contribution < 1.29 is 14.3 Å². The summed E-state index contributed by atoms with van der Waals surface area (Å²) >= 11 is 1.58. The van der Waals surface area contributed by atoms with Crippen LogP contribution in [0.15, 0.2) is 18.2 Å². The molecule has 2 heterocycles. The van der Waals surface area contributed by atoms with E-state index < -0.39 is 0 Å². The summed E-state index contributed by atoms with van der Waals surface area (Å²) in [6.07, 6.45) is 0.355. The van der Waals surface area contributed by atoms with Crippen LogP contribution in [0.2, 0.25) is 0 Å². The Morgan fingerprint density at radius 1 is 1.35 bits per heavy atom. The third-order valence-corrected chi connectivity index (χ3v) is 4.54. The number of carbonyl (C=O) groups is 1. The number of rotatable bonds is 3. The van der Waals surface area contributed by atoms with Crippen molar-refractivity contribution in [3.8, 4) is 17.6 Å². The van der Waals surface area contributed by atoms with E-state index in [-0.39, 0.29) is 11.3 Å². The molecule has 0 aliphatic carbocycles. The Labute approximate surface area is 121 Å². The molecule has 1 amide bonds. The van der Waals surface area contributed by atoms with Gasteiger partial charge in [-0.05, 0) is 17.7 Å². The number of amides is 1. The Kier molecular flexibility index (Phi) is 3.70. The van der Waals surface area contributed by atoms with E-state index in [2.05, 4.69) is 6.07 Å². The first kappa shape index (κ1) is 13.1. The molecule has 0 aromatic heterocycles. The van der Waals surface area contributed by atoms with Gasteiger partial charge in [-0.25, -0.2) is 0 Å². The maximum Gasteiger partial charge on any atom is 0.233 e. The largest absolute Gasteiger partial charge is 0.486 e. The lowest BCUT2D eigenvalue weighted by Gasteiger charge is -2.25. The fraction of sp³-hybridized carbons (Fsp3) is 0.429. The minimum atomic E-state index is -0.0355. The van der Waals surface area contributed by atoms with Crippen molar-refractivity contribution in [3.05, 3.63) is 23.8 Å². The summed E-state index contributed by atoms with van der Waals surface area (Å²) < 4.78 is 11.1. The molecule has 0 N–H and O–H groups in total. The zero-order chi connectivity index (χ0) is 13.9. The van der Waals surface area contributed by atoms with Crippen LogP contribution in [0.1, 0.15) is 17.4 Å². The van der Waals surface area contributed by atoms with E-state index in [1.54, 1.807) is 16.7 Å². The van der Waals surface area contributed by atoms with Gasteiger partial charge in [-0.3, -0.25) is 4.79 Å². The molecule has 1 saturated heterocycles. The van der Waals surface area contributed by atoms with Crippen molar-refractivity contribution in [1.29, 1.82) is 5.26 Å². The van der Waals surface area contributed by atoms with Crippen LogP contribution in [0.4, 0.5) is 0 Å². The van der Waals surface area contributed by atoms with Crippen molar-refractivity contribution in [2.24, 2.45) is 0 Å². The quantitative estimate of drug-likeness (QED) is 0.851. The number of fused-ring (bicyclic) bond motifs is 1. The number of benzene rings is 1. The fourth-order valence-electron chi connectivity index (χ4n) is 2.36. The monoisotopic (exact) mass is 290 g/mol. The average molecular weight is 290 g/mol. The second-order valence-corrected chi connectivity index (χ2v) is 5.63. The highest BCUT2D eigenvalue weighted by atomic mass is 32.2. The van der Waals surface area contributed by atoms with E-state index in [0.717, 1.165) is 17.1 Å². The van der Waals surface area contributed by atoms with Crippen LogP contribution in [0.3, 0.4) is 0 Å². The van der Waals surface area contributed by atoms with Crippen LogP contribution < -0.4 is 9.47 Å². The molecule has 6 heteroatoms. The summed E-state index contributed by atoms with van der Waals surface area (Å²) in [6.45, 7) is 1.59. The van der Waals surface area contributed by atoms with Crippen molar-refractivity contribution in [1.82, 2.24) is 4.90 Å². The van der Waals surface area contributed by atoms with Crippen LogP contribution in [0.25, 0.3) is 0 Å². The summed E-state index contributed by atoms with van der Waals surface area (Å²) in [5.74, 6) is 2.03. The fourth-order valence-corrected chi connectivity index (χ4v) is 3.56. The van der Waals surface area contributed by atoms with Gasteiger partial charge in [0.25, 0.3) is 0 Å². The van der Waals surface area contributed by atoms with Crippen molar-refractivity contribution in [2.45, 2.75) is 11.8 Å². The first-order chi connectivity index (χ1) is 9.79. The normalized spacial score (nSPS) is 20.9. The molecule has 1 aromatic carbocycles. The van der Waals surface area contributed by atoms with Crippen LogP contribution in [0, 0.1) is 11.3 Å². The summed E-state index contributed by atoms with van der Waals surface area (Å²) in [5, 5.41) is 8.66. The van der Waals surface area contributed by atoms with Gasteiger partial charge in [0, 0.05) is 6.54 Å². The van der Waals surface area contributed by atoms with Gasteiger partial charge in [-0.1, -0.05) is 6.07 Å². The number of nitriles is 1. The highest BCUT2D eigenvalue weighted by Crippen LogP contribution is 2.42. The van der Waals surface area contributed by atoms with Gasteiger partial charge in [0.05, 0.1) is 18.2 Å². The van der Waals surface area contributed by atoms with Crippen molar-refractivity contribution in [2.75, 3.05) is 25.5 Å². The molecule has 1 atom stereocenters. The molecule has 104 valence electrons. The van der Waals surface area contributed by atoms with Crippen LogP contribution >= 0.6 is 11.8 Å². The second kappa shape index (κ2) is 5.63.